The second-order valence-electron chi connectivity index (χ2n) is 7.05. The number of rotatable bonds is 8. The maximum Gasteiger partial charge on any atom is 0.262 e. The molecule has 0 radical (unpaired) electrons. The Hall–Kier alpha value is -3.91. The van der Waals surface area contributed by atoms with Crippen LogP contribution >= 0.6 is 11.6 Å². The van der Waals surface area contributed by atoms with Crippen LogP contribution in [0.2, 0.25) is 5.02 Å². The van der Waals surface area contributed by atoms with Gasteiger partial charge in [0.05, 0.1) is 17.7 Å². The van der Waals surface area contributed by atoms with Crippen molar-refractivity contribution in [2.24, 2.45) is 0 Å². The summed E-state index contributed by atoms with van der Waals surface area (Å²) >= 11 is 6.08. The monoisotopic (exact) mass is 468 g/mol. The van der Waals surface area contributed by atoms with Gasteiger partial charge in [-0.3, -0.25) is 9.59 Å². The zero-order valence-electron chi connectivity index (χ0n) is 17.7. The van der Waals surface area contributed by atoms with Crippen molar-refractivity contribution < 1.29 is 28.5 Å². The van der Waals surface area contributed by atoms with E-state index in [-0.39, 0.29) is 19.3 Å². The van der Waals surface area contributed by atoms with Crippen LogP contribution < -0.4 is 29.6 Å². The maximum atomic E-state index is 12.7. The molecule has 1 aliphatic rings. The molecule has 0 spiro atoms. The minimum absolute atomic E-state index is 0.189. The van der Waals surface area contributed by atoms with Crippen LogP contribution in [0.3, 0.4) is 0 Å². The molecule has 0 unspecified atom stereocenters. The van der Waals surface area contributed by atoms with E-state index in [1.165, 1.54) is 7.11 Å². The van der Waals surface area contributed by atoms with E-state index in [9.17, 15) is 9.59 Å². The molecule has 0 atom stereocenters. The minimum atomic E-state index is -0.396. The van der Waals surface area contributed by atoms with Gasteiger partial charge in [0, 0.05) is 12.2 Å². The highest BCUT2D eigenvalue weighted by molar-refractivity contribution is 6.32. The van der Waals surface area contributed by atoms with E-state index in [1.807, 2.05) is 12.1 Å². The van der Waals surface area contributed by atoms with E-state index in [1.54, 1.807) is 48.5 Å². The summed E-state index contributed by atoms with van der Waals surface area (Å²) in [5, 5.41) is 5.92. The lowest BCUT2D eigenvalue weighted by molar-refractivity contribution is -0.118. The second-order valence-corrected chi connectivity index (χ2v) is 7.46. The Labute approximate surface area is 195 Å². The fraction of sp³-hybridized carbons (Fsp3) is 0.167. The molecule has 0 saturated carbocycles. The molecule has 8 nitrogen and oxygen atoms in total. The number of fused-ring (bicyclic) bond motifs is 1. The fourth-order valence-electron chi connectivity index (χ4n) is 3.19. The molecule has 170 valence electrons. The lowest BCUT2D eigenvalue weighted by Crippen LogP contribution is -2.25. The molecule has 0 bridgehead atoms. The summed E-state index contributed by atoms with van der Waals surface area (Å²) in [6.45, 7) is 0.202. The Morgan fingerprint density at radius 2 is 1.82 bits per heavy atom. The minimum Gasteiger partial charge on any atom is -0.495 e. The number of carbonyl (C=O) groups excluding carboxylic acids is 2. The van der Waals surface area contributed by atoms with Crippen LogP contribution in [0.4, 0.5) is 5.69 Å². The molecule has 1 aliphatic heterocycles. The van der Waals surface area contributed by atoms with Gasteiger partial charge in [-0.1, -0.05) is 29.8 Å². The van der Waals surface area contributed by atoms with Gasteiger partial charge >= 0.3 is 0 Å². The molecule has 3 aromatic carbocycles. The predicted molar refractivity (Wildman–Crippen MR) is 122 cm³/mol. The summed E-state index contributed by atoms with van der Waals surface area (Å²) in [4.78, 5) is 25.0. The Morgan fingerprint density at radius 3 is 2.64 bits per heavy atom. The normalized spacial score (nSPS) is 11.6. The summed E-state index contributed by atoms with van der Waals surface area (Å²) in [6.07, 6.45) is 0. The lowest BCUT2D eigenvalue weighted by Gasteiger charge is -2.12. The SMILES string of the molecule is COc1ccc(NC(=O)COc2ccccc2C(=O)NCc2ccc3c(c2)OCO3)cc1Cl. The molecule has 33 heavy (non-hydrogen) atoms. The molecule has 0 aromatic heterocycles. The van der Waals surface area contributed by atoms with Crippen molar-refractivity contribution in [2.75, 3.05) is 25.8 Å². The van der Waals surface area contributed by atoms with Gasteiger partial charge in [0.2, 0.25) is 6.79 Å². The summed E-state index contributed by atoms with van der Waals surface area (Å²) in [5.41, 5.74) is 1.69. The average molecular weight is 469 g/mol. The van der Waals surface area contributed by atoms with Crippen molar-refractivity contribution in [3.63, 3.8) is 0 Å². The van der Waals surface area contributed by atoms with Crippen LogP contribution in [-0.2, 0) is 11.3 Å². The van der Waals surface area contributed by atoms with Crippen molar-refractivity contribution in [1.29, 1.82) is 0 Å². The van der Waals surface area contributed by atoms with Crippen molar-refractivity contribution >= 4 is 29.1 Å². The van der Waals surface area contributed by atoms with Crippen LogP contribution in [0.15, 0.2) is 60.7 Å². The van der Waals surface area contributed by atoms with Gasteiger partial charge in [0.25, 0.3) is 11.8 Å². The van der Waals surface area contributed by atoms with E-state index in [0.29, 0.717) is 45.8 Å². The number of halogens is 1. The fourth-order valence-corrected chi connectivity index (χ4v) is 3.45. The van der Waals surface area contributed by atoms with E-state index in [0.717, 1.165) is 5.56 Å². The lowest BCUT2D eigenvalue weighted by atomic mass is 10.1. The third-order valence-corrected chi connectivity index (χ3v) is 5.11. The number of carbonyl (C=O) groups is 2. The van der Waals surface area contributed by atoms with Crippen molar-refractivity contribution in [3.05, 3.63) is 76.8 Å². The largest absolute Gasteiger partial charge is 0.495 e. The topological polar surface area (TPSA) is 95.1 Å². The summed E-state index contributed by atoms with van der Waals surface area (Å²) in [6, 6.07) is 17.1. The Bertz CT molecular complexity index is 1180. The number of benzene rings is 3. The second kappa shape index (κ2) is 10.1. The standard InChI is InChI=1S/C24H21ClN2O6/c1-30-20-9-7-16(11-18(20)25)27-23(28)13-31-19-5-3-2-4-17(19)24(29)26-12-15-6-8-21-22(10-15)33-14-32-21/h2-11H,12-14H2,1H3,(H,26,29)(H,27,28). The van der Waals surface area contributed by atoms with Crippen LogP contribution in [-0.4, -0.2) is 32.3 Å². The molecule has 3 aromatic rings. The molecule has 0 saturated heterocycles. The Morgan fingerprint density at radius 1 is 1.00 bits per heavy atom. The number of ether oxygens (including phenoxy) is 4. The quantitative estimate of drug-likeness (QED) is 0.518. The zero-order chi connectivity index (χ0) is 23.2. The van der Waals surface area contributed by atoms with E-state index in [2.05, 4.69) is 10.6 Å². The Balaban J connectivity index is 1.34. The van der Waals surface area contributed by atoms with E-state index in [4.69, 9.17) is 30.5 Å². The molecule has 2 amide bonds. The Kier molecular flexibility index (Phi) is 6.85. The van der Waals surface area contributed by atoms with Gasteiger partial charge in [-0.15, -0.1) is 0 Å². The first-order valence-corrected chi connectivity index (χ1v) is 10.4. The molecule has 2 N–H and O–H groups in total. The maximum absolute atomic E-state index is 12.7. The van der Waals surface area contributed by atoms with Gasteiger partial charge in [-0.05, 0) is 48.0 Å². The molecule has 9 heteroatoms. The number of amides is 2. The van der Waals surface area contributed by atoms with Gasteiger partial charge < -0.3 is 29.6 Å². The number of nitrogens with one attached hydrogen (secondary N) is 2. The molecule has 4 rings (SSSR count). The van der Waals surface area contributed by atoms with Gasteiger partial charge in [-0.2, -0.15) is 0 Å². The van der Waals surface area contributed by atoms with E-state index < -0.39 is 5.91 Å². The van der Waals surface area contributed by atoms with Crippen LogP contribution in [0, 0.1) is 0 Å². The molecule has 0 fully saturated rings. The highest BCUT2D eigenvalue weighted by Gasteiger charge is 2.16. The highest BCUT2D eigenvalue weighted by Crippen LogP contribution is 2.32. The molecule has 0 aliphatic carbocycles. The zero-order valence-corrected chi connectivity index (χ0v) is 18.5. The molecular formula is C24H21ClN2O6. The van der Waals surface area contributed by atoms with Gasteiger partial charge in [0.15, 0.2) is 18.1 Å². The average Bonchev–Trinajstić information content (AvgIpc) is 3.29. The van der Waals surface area contributed by atoms with Crippen molar-refractivity contribution in [2.45, 2.75) is 6.54 Å². The molecule has 1 heterocycles. The van der Waals surface area contributed by atoms with Crippen molar-refractivity contribution in [1.82, 2.24) is 5.32 Å². The van der Waals surface area contributed by atoms with E-state index >= 15 is 0 Å². The number of methoxy groups -OCH3 is 1. The summed E-state index contributed by atoms with van der Waals surface area (Å²) in [5.74, 6) is 1.40. The van der Waals surface area contributed by atoms with Crippen LogP contribution in [0.5, 0.6) is 23.0 Å². The van der Waals surface area contributed by atoms with Gasteiger partial charge in [0.1, 0.15) is 11.5 Å². The predicted octanol–water partition coefficient (Wildman–Crippen LogP) is 4.02. The van der Waals surface area contributed by atoms with Crippen LogP contribution in [0.1, 0.15) is 15.9 Å². The van der Waals surface area contributed by atoms with Crippen LogP contribution in [0.25, 0.3) is 0 Å². The smallest absolute Gasteiger partial charge is 0.262 e. The first kappa shape index (κ1) is 22.3. The first-order valence-electron chi connectivity index (χ1n) is 10.1. The number of hydrogen-bond donors (Lipinski definition) is 2. The van der Waals surface area contributed by atoms with Crippen molar-refractivity contribution in [3.8, 4) is 23.0 Å². The van der Waals surface area contributed by atoms with Gasteiger partial charge in [-0.25, -0.2) is 0 Å². The summed E-state index contributed by atoms with van der Waals surface area (Å²) in [7, 11) is 1.51. The third kappa shape index (κ3) is 5.48. The third-order valence-electron chi connectivity index (χ3n) is 4.82. The molecular weight excluding hydrogens is 448 g/mol. The number of anilines is 1. The highest BCUT2D eigenvalue weighted by atomic mass is 35.5. The number of hydrogen-bond acceptors (Lipinski definition) is 6. The number of para-hydroxylation sites is 1. The summed E-state index contributed by atoms with van der Waals surface area (Å²) < 4.78 is 21.4. The first-order chi connectivity index (χ1) is 16.0.